The summed E-state index contributed by atoms with van der Waals surface area (Å²) in [6.07, 6.45) is 5.45. The molecule has 2 aliphatic rings. The van der Waals surface area contributed by atoms with Gasteiger partial charge in [-0.15, -0.1) is 10.2 Å². The van der Waals surface area contributed by atoms with Crippen LogP contribution in [-0.2, 0) is 19.5 Å². The first-order valence-electron chi connectivity index (χ1n) is 8.30. The zero-order chi connectivity index (χ0) is 15.6. The van der Waals surface area contributed by atoms with Crippen LogP contribution < -0.4 is 5.32 Å². The number of rotatable bonds is 3. The molecule has 2 aliphatic heterocycles. The fraction of sp³-hybridized carbons (Fsp3) is 0.562. The Balaban J connectivity index is 1.41. The highest BCUT2D eigenvalue weighted by Gasteiger charge is 2.30. The van der Waals surface area contributed by atoms with Crippen LogP contribution in [-0.4, -0.2) is 32.2 Å². The third-order valence-corrected chi connectivity index (χ3v) is 5.48. The first-order valence-corrected chi connectivity index (χ1v) is 9.25. The maximum absolute atomic E-state index is 12.6. The fourth-order valence-electron chi connectivity index (χ4n) is 3.58. The number of amides is 2. The molecule has 0 aliphatic carbocycles. The average molecular weight is 331 g/mol. The number of aryl methyl sites for hydroxylation is 1. The van der Waals surface area contributed by atoms with E-state index in [4.69, 9.17) is 0 Å². The number of fused-ring (bicyclic) bond motifs is 1. The summed E-state index contributed by atoms with van der Waals surface area (Å²) in [5.74, 6) is 1.93. The standard InChI is InChI=1S/C16H21N5OS/c22-16(20-8-3-4-13(20)12-6-9-23-11-12)17-10-15-19-18-14-5-1-2-7-21(14)15/h6,9,11,13H,1-5,7-8,10H2,(H,17,22). The minimum atomic E-state index is 0.00635. The summed E-state index contributed by atoms with van der Waals surface area (Å²) in [4.78, 5) is 14.5. The lowest BCUT2D eigenvalue weighted by molar-refractivity contribution is 0.192. The Bertz CT molecular complexity index is 681. The van der Waals surface area contributed by atoms with Crippen molar-refractivity contribution >= 4 is 17.4 Å². The minimum absolute atomic E-state index is 0.00635. The van der Waals surface area contributed by atoms with Gasteiger partial charge < -0.3 is 14.8 Å². The van der Waals surface area contributed by atoms with Crippen LogP contribution in [0.5, 0.6) is 0 Å². The van der Waals surface area contributed by atoms with Gasteiger partial charge in [-0.05, 0) is 48.1 Å². The van der Waals surface area contributed by atoms with Crippen LogP contribution in [0.25, 0.3) is 0 Å². The first-order chi connectivity index (χ1) is 11.3. The van der Waals surface area contributed by atoms with Crippen LogP contribution in [0.15, 0.2) is 16.8 Å². The van der Waals surface area contributed by atoms with E-state index < -0.39 is 0 Å². The largest absolute Gasteiger partial charge is 0.331 e. The van der Waals surface area contributed by atoms with Crippen molar-refractivity contribution in [2.45, 2.75) is 51.2 Å². The Hall–Kier alpha value is -1.89. The van der Waals surface area contributed by atoms with Gasteiger partial charge in [0.15, 0.2) is 5.82 Å². The second-order valence-electron chi connectivity index (χ2n) is 6.21. The van der Waals surface area contributed by atoms with E-state index in [2.05, 4.69) is 36.9 Å². The Morgan fingerprint density at radius 2 is 2.26 bits per heavy atom. The lowest BCUT2D eigenvalue weighted by Crippen LogP contribution is -2.39. The molecule has 7 heteroatoms. The van der Waals surface area contributed by atoms with Gasteiger partial charge in [0.05, 0.1) is 12.6 Å². The summed E-state index contributed by atoms with van der Waals surface area (Å²) < 4.78 is 2.16. The number of carbonyl (C=O) groups is 1. The van der Waals surface area contributed by atoms with Gasteiger partial charge in [0.25, 0.3) is 0 Å². The van der Waals surface area contributed by atoms with Crippen LogP contribution in [0.3, 0.4) is 0 Å². The summed E-state index contributed by atoms with van der Waals surface area (Å²) in [6.45, 7) is 2.25. The topological polar surface area (TPSA) is 63.1 Å². The van der Waals surface area contributed by atoms with E-state index in [-0.39, 0.29) is 12.1 Å². The van der Waals surface area contributed by atoms with Crippen molar-refractivity contribution in [3.8, 4) is 0 Å². The highest BCUT2D eigenvalue weighted by atomic mass is 32.1. The molecule has 2 amide bonds. The quantitative estimate of drug-likeness (QED) is 0.940. The van der Waals surface area contributed by atoms with E-state index in [0.29, 0.717) is 6.54 Å². The summed E-state index contributed by atoms with van der Waals surface area (Å²) in [7, 11) is 0. The number of aromatic nitrogens is 3. The third-order valence-electron chi connectivity index (χ3n) is 4.78. The molecule has 0 saturated carbocycles. The molecule has 1 unspecified atom stereocenters. The lowest BCUT2D eigenvalue weighted by Gasteiger charge is -2.24. The Morgan fingerprint density at radius 1 is 1.30 bits per heavy atom. The molecule has 122 valence electrons. The molecular weight excluding hydrogens is 310 g/mol. The predicted molar refractivity (Wildman–Crippen MR) is 88.2 cm³/mol. The van der Waals surface area contributed by atoms with Gasteiger partial charge in [0, 0.05) is 19.5 Å². The van der Waals surface area contributed by atoms with E-state index in [0.717, 1.165) is 44.0 Å². The SMILES string of the molecule is O=C(NCc1nnc2n1CCCC2)N1CCCC1c1ccsc1. The molecule has 4 rings (SSSR count). The second-order valence-corrected chi connectivity index (χ2v) is 6.99. The van der Waals surface area contributed by atoms with Gasteiger partial charge >= 0.3 is 6.03 Å². The first kappa shape index (κ1) is 14.7. The highest BCUT2D eigenvalue weighted by Crippen LogP contribution is 2.32. The molecule has 1 fully saturated rings. The van der Waals surface area contributed by atoms with Gasteiger partial charge in [0.2, 0.25) is 0 Å². The number of hydrogen-bond donors (Lipinski definition) is 1. The van der Waals surface area contributed by atoms with E-state index >= 15 is 0 Å². The molecule has 0 spiro atoms. The van der Waals surface area contributed by atoms with Crippen molar-refractivity contribution in [3.05, 3.63) is 34.0 Å². The number of urea groups is 1. The molecular formula is C16H21N5OS. The van der Waals surface area contributed by atoms with E-state index in [1.54, 1.807) is 11.3 Å². The number of nitrogens with one attached hydrogen (secondary N) is 1. The highest BCUT2D eigenvalue weighted by molar-refractivity contribution is 7.07. The average Bonchev–Trinajstić information content (AvgIpc) is 3.31. The molecule has 23 heavy (non-hydrogen) atoms. The Kier molecular flexibility index (Phi) is 4.03. The van der Waals surface area contributed by atoms with E-state index in [1.807, 2.05) is 4.90 Å². The monoisotopic (exact) mass is 331 g/mol. The smallest absolute Gasteiger partial charge is 0.318 e. The van der Waals surface area contributed by atoms with Crippen LogP contribution in [0.1, 0.15) is 48.9 Å². The second kappa shape index (κ2) is 6.31. The minimum Gasteiger partial charge on any atom is -0.331 e. The summed E-state index contributed by atoms with van der Waals surface area (Å²) in [6, 6.07) is 2.34. The molecule has 2 aromatic heterocycles. The van der Waals surface area contributed by atoms with Crippen molar-refractivity contribution < 1.29 is 4.79 Å². The number of nitrogens with zero attached hydrogens (tertiary/aromatic N) is 4. The number of hydrogen-bond acceptors (Lipinski definition) is 4. The van der Waals surface area contributed by atoms with Gasteiger partial charge in [-0.3, -0.25) is 0 Å². The molecule has 1 N–H and O–H groups in total. The van der Waals surface area contributed by atoms with Crippen molar-refractivity contribution in [1.29, 1.82) is 0 Å². The van der Waals surface area contributed by atoms with Crippen molar-refractivity contribution in [2.75, 3.05) is 6.54 Å². The summed E-state index contributed by atoms with van der Waals surface area (Å²) in [5, 5.41) is 15.7. The third kappa shape index (κ3) is 2.85. The van der Waals surface area contributed by atoms with Crippen molar-refractivity contribution in [3.63, 3.8) is 0 Å². The van der Waals surface area contributed by atoms with Crippen LogP contribution in [0, 0.1) is 0 Å². The zero-order valence-corrected chi connectivity index (χ0v) is 13.9. The van der Waals surface area contributed by atoms with Gasteiger partial charge in [-0.2, -0.15) is 11.3 Å². The predicted octanol–water partition coefficient (Wildman–Crippen LogP) is 2.72. The maximum Gasteiger partial charge on any atom is 0.318 e. The number of thiophene rings is 1. The van der Waals surface area contributed by atoms with Crippen LogP contribution in [0.2, 0.25) is 0 Å². The Morgan fingerprint density at radius 3 is 3.13 bits per heavy atom. The van der Waals surface area contributed by atoms with Crippen LogP contribution in [0.4, 0.5) is 4.79 Å². The summed E-state index contributed by atoms with van der Waals surface area (Å²) >= 11 is 1.69. The zero-order valence-electron chi connectivity index (χ0n) is 13.1. The van der Waals surface area contributed by atoms with Gasteiger partial charge in [0.1, 0.15) is 5.82 Å². The molecule has 2 aromatic rings. The molecule has 1 saturated heterocycles. The van der Waals surface area contributed by atoms with Crippen LogP contribution >= 0.6 is 11.3 Å². The van der Waals surface area contributed by atoms with Crippen molar-refractivity contribution in [1.82, 2.24) is 25.0 Å². The Labute approximate surface area is 139 Å². The van der Waals surface area contributed by atoms with Crippen molar-refractivity contribution in [2.24, 2.45) is 0 Å². The normalized spacial score (nSPS) is 20.5. The van der Waals surface area contributed by atoms with E-state index in [9.17, 15) is 4.79 Å². The number of likely N-dealkylation sites (tertiary alicyclic amines) is 1. The molecule has 0 aromatic carbocycles. The molecule has 1 atom stereocenters. The lowest BCUT2D eigenvalue weighted by atomic mass is 10.1. The number of carbonyl (C=O) groups excluding carboxylic acids is 1. The maximum atomic E-state index is 12.6. The molecule has 6 nitrogen and oxygen atoms in total. The fourth-order valence-corrected chi connectivity index (χ4v) is 4.28. The molecule has 4 heterocycles. The molecule has 0 bridgehead atoms. The van der Waals surface area contributed by atoms with E-state index in [1.165, 1.54) is 18.4 Å². The summed E-state index contributed by atoms with van der Waals surface area (Å²) in [5.41, 5.74) is 1.25. The molecule has 0 radical (unpaired) electrons. The van der Waals surface area contributed by atoms with Gasteiger partial charge in [-0.25, -0.2) is 4.79 Å². The van der Waals surface area contributed by atoms with Gasteiger partial charge in [-0.1, -0.05) is 0 Å².